The van der Waals surface area contributed by atoms with Crippen LogP contribution in [-0.2, 0) is 18.6 Å². The fraction of sp³-hybridized carbons (Fsp3) is 0.333. The van der Waals surface area contributed by atoms with Crippen LogP contribution in [0.1, 0.15) is 29.3 Å². The number of fused-ring (bicyclic) bond motifs is 3. The van der Waals surface area contributed by atoms with E-state index in [0.717, 1.165) is 26.5 Å². The van der Waals surface area contributed by atoms with Crippen molar-refractivity contribution >= 4 is 44.9 Å². The first-order valence-corrected chi connectivity index (χ1v) is 10.0. The largest absolute Gasteiger partial charge is 0.229 e. The lowest BCUT2D eigenvalue weighted by atomic mass is 9.89. The fourth-order valence-electron chi connectivity index (χ4n) is 3.09. The topological polar surface area (TPSA) is 25.8 Å². The maximum atomic E-state index is 5.96. The van der Waals surface area contributed by atoms with Crippen LogP contribution in [0.25, 0.3) is 10.2 Å². The van der Waals surface area contributed by atoms with E-state index in [1.165, 1.54) is 40.7 Å². The van der Waals surface area contributed by atoms with Crippen molar-refractivity contribution in [3.63, 3.8) is 0 Å². The second kappa shape index (κ2) is 6.42. The molecule has 4 rings (SSSR count). The Kier molecular flexibility index (Phi) is 4.31. The molecule has 0 bridgehead atoms. The highest BCUT2D eigenvalue weighted by Crippen LogP contribution is 2.41. The van der Waals surface area contributed by atoms with Crippen LogP contribution in [0, 0.1) is 5.92 Å². The number of hydrogen-bond donors (Lipinski definition) is 0. The van der Waals surface area contributed by atoms with E-state index in [4.69, 9.17) is 11.6 Å². The molecule has 5 heteroatoms. The van der Waals surface area contributed by atoms with E-state index >= 15 is 0 Å². The third-order valence-corrected chi connectivity index (χ3v) is 6.82. The lowest BCUT2D eigenvalue weighted by Crippen LogP contribution is -2.08. The minimum atomic E-state index is 0.782. The van der Waals surface area contributed by atoms with Crippen molar-refractivity contribution in [3.8, 4) is 0 Å². The molecule has 2 heterocycles. The Morgan fingerprint density at radius 2 is 2.09 bits per heavy atom. The van der Waals surface area contributed by atoms with Crippen LogP contribution >= 0.6 is 34.7 Å². The van der Waals surface area contributed by atoms with Crippen LogP contribution in [0.3, 0.4) is 0 Å². The molecule has 3 aromatic rings. The Morgan fingerprint density at radius 1 is 1.26 bits per heavy atom. The molecule has 2 nitrogen and oxygen atoms in total. The van der Waals surface area contributed by atoms with Crippen LogP contribution in [0.5, 0.6) is 0 Å². The van der Waals surface area contributed by atoms with Gasteiger partial charge in [-0.15, -0.1) is 23.1 Å². The minimum Gasteiger partial charge on any atom is -0.229 e. The predicted octanol–water partition coefficient (Wildman–Crippen LogP) is 5.76. The monoisotopic (exact) mass is 360 g/mol. The molecule has 1 unspecified atom stereocenters. The highest BCUT2D eigenvalue weighted by atomic mass is 35.5. The molecule has 2 aromatic heterocycles. The Labute approximate surface area is 149 Å². The molecule has 23 heavy (non-hydrogen) atoms. The van der Waals surface area contributed by atoms with E-state index in [1.54, 1.807) is 18.1 Å². The average molecular weight is 361 g/mol. The molecule has 1 aliphatic rings. The summed E-state index contributed by atoms with van der Waals surface area (Å²) in [5, 5.41) is 3.21. The summed E-state index contributed by atoms with van der Waals surface area (Å²) >= 11 is 9.62. The van der Waals surface area contributed by atoms with Gasteiger partial charge in [0.25, 0.3) is 0 Å². The Hall–Kier alpha value is -1.10. The molecule has 0 radical (unpaired) electrons. The number of thioether (sulfide) groups is 1. The normalized spacial score (nSPS) is 17.4. The molecule has 1 aromatic carbocycles. The van der Waals surface area contributed by atoms with E-state index in [2.05, 4.69) is 29.0 Å². The van der Waals surface area contributed by atoms with Gasteiger partial charge >= 0.3 is 0 Å². The number of halogens is 1. The summed E-state index contributed by atoms with van der Waals surface area (Å²) in [6.45, 7) is 2.34. The van der Waals surface area contributed by atoms with Crippen LogP contribution in [0.4, 0.5) is 0 Å². The van der Waals surface area contributed by atoms with Gasteiger partial charge in [-0.25, -0.2) is 9.97 Å². The highest BCUT2D eigenvalue weighted by Gasteiger charge is 2.23. The predicted molar refractivity (Wildman–Crippen MR) is 99.6 cm³/mol. The minimum absolute atomic E-state index is 0.782. The summed E-state index contributed by atoms with van der Waals surface area (Å²) in [6.07, 6.45) is 5.34. The third-order valence-electron chi connectivity index (χ3n) is 4.35. The molecular weight excluding hydrogens is 344 g/mol. The maximum absolute atomic E-state index is 5.96. The van der Waals surface area contributed by atoms with Gasteiger partial charge in [0.15, 0.2) is 0 Å². The standard InChI is InChI=1S/C18H17ClN2S2/c1-11-2-7-14-15(8-11)23-18-16(14)17(20-10-21-18)22-9-12-3-5-13(19)6-4-12/h3-6,10-11H,2,7-9H2,1H3. The van der Waals surface area contributed by atoms with Crippen molar-refractivity contribution in [1.29, 1.82) is 0 Å². The number of rotatable bonds is 3. The smallest absolute Gasteiger partial charge is 0.128 e. The Morgan fingerprint density at radius 3 is 2.91 bits per heavy atom. The van der Waals surface area contributed by atoms with Crippen LogP contribution in [0.15, 0.2) is 35.6 Å². The summed E-state index contributed by atoms with van der Waals surface area (Å²) in [5.41, 5.74) is 2.77. The number of thiophene rings is 1. The second-order valence-electron chi connectivity index (χ2n) is 6.13. The lowest BCUT2D eigenvalue weighted by Gasteiger charge is -2.18. The van der Waals surface area contributed by atoms with Crippen molar-refractivity contribution < 1.29 is 0 Å². The molecule has 0 fully saturated rings. The molecule has 0 aliphatic heterocycles. The molecule has 1 atom stereocenters. The van der Waals surface area contributed by atoms with E-state index < -0.39 is 0 Å². The number of benzene rings is 1. The molecular formula is C18H17ClN2S2. The third kappa shape index (κ3) is 3.12. The molecule has 0 saturated carbocycles. The zero-order valence-corrected chi connectivity index (χ0v) is 15.3. The van der Waals surface area contributed by atoms with Gasteiger partial charge in [0, 0.05) is 21.0 Å². The van der Waals surface area contributed by atoms with Crippen molar-refractivity contribution in [2.45, 2.75) is 37.0 Å². The van der Waals surface area contributed by atoms with Crippen molar-refractivity contribution in [1.82, 2.24) is 9.97 Å². The summed E-state index contributed by atoms with van der Waals surface area (Å²) in [7, 11) is 0. The first kappa shape index (κ1) is 15.4. The van der Waals surface area contributed by atoms with E-state index in [0.29, 0.717) is 0 Å². The first-order chi connectivity index (χ1) is 11.2. The van der Waals surface area contributed by atoms with Crippen molar-refractivity contribution in [2.75, 3.05) is 0 Å². The summed E-state index contributed by atoms with van der Waals surface area (Å²) in [5.74, 6) is 1.69. The molecule has 1 aliphatic carbocycles. The van der Waals surface area contributed by atoms with Gasteiger partial charge in [0.05, 0.1) is 0 Å². The molecule has 0 N–H and O–H groups in total. The SMILES string of the molecule is CC1CCc2c(sc3ncnc(SCc4ccc(Cl)cc4)c23)C1. The molecule has 0 spiro atoms. The van der Waals surface area contributed by atoms with E-state index in [9.17, 15) is 0 Å². The van der Waals surface area contributed by atoms with Crippen LogP contribution in [0.2, 0.25) is 5.02 Å². The lowest BCUT2D eigenvalue weighted by molar-refractivity contribution is 0.509. The van der Waals surface area contributed by atoms with Gasteiger partial charge in [-0.1, -0.05) is 30.7 Å². The number of nitrogens with zero attached hydrogens (tertiary/aromatic N) is 2. The highest BCUT2D eigenvalue weighted by molar-refractivity contribution is 7.98. The second-order valence-corrected chi connectivity index (χ2v) is 8.61. The zero-order valence-electron chi connectivity index (χ0n) is 12.9. The van der Waals surface area contributed by atoms with Crippen molar-refractivity contribution in [2.24, 2.45) is 5.92 Å². The number of aryl methyl sites for hydroxylation is 1. The molecule has 0 amide bonds. The number of hydrogen-bond acceptors (Lipinski definition) is 4. The van der Waals surface area contributed by atoms with Gasteiger partial charge in [-0.2, -0.15) is 0 Å². The van der Waals surface area contributed by atoms with Gasteiger partial charge in [0.2, 0.25) is 0 Å². The molecule has 118 valence electrons. The van der Waals surface area contributed by atoms with Gasteiger partial charge in [-0.3, -0.25) is 0 Å². The van der Waals surface area contributed by atoms with Gasteiger partial charge < -0.3 is 0 Å². The Bertz CT molecular complexity index is 842. The van der Waals surface area contributed by atoms with Crippen molar-refractivity contribution in [3.05, 3.63) is 51.6 Å². The van der Waals surface area contributed by atoms with E-state index in [-0.39, 0.29) is 0 Å². The summed E-state index contributed by atoms with van der Waals surface area (Å²) < 4.78 is 0. The van der Waals surface area contributed by atoms with Crippen LogP contribution in [-0.4, -0.2) is 9.97 Å². The number of aromatic nitrogens is 2. The Balaban J connectivity index is 1.66. The summed E-state index contributed by atoms with van der Waals surface area (Å²) in [4.78, 5) is 11.8. The zero-order chi connectivity index (χ0) is 15.8. The van der Waals surface area contributed by atoms with Gasteiger partial charge in [0.1, 0.15) is 16.2 Å². The quantitative estimate of drug-likeness (QED) is 0.438. The molecule has 0 saturated heterocycles. The van der Waals surface area contributed by atoms with Crippen LogP contribution < -0.4 is 0 Å². The fourth-order valence-corrected chi connectivity index (χ4v) is 5.61. The maximum Gasteiger partial charge on any atom is 0.128 e. The average Bonchev–Trinajstić information content (AvgIpc) is 2.92. The summed E-state index contributed by atoms with van der Waals surface area (Å²) in [6, 6.07) is 8.05. The van der Waals surface area contributed by atoms with E-state index in [1.807, 2.05) is 23.5 Å². The van der Waals surface area contributed by atoms with Gasteiger partial charge in [-0.05, 0) is 48.4 Å². The first-order valence-electron chi connectivity index (χ1n) is 7.83.